The molecule has 0 spiro atoms. The number of hydrogen-bond acceptors (Lipinski definition) is 4. The van der Waals surface area contributed by atoms with E-state index in [1.807, 2.05) is 52.0 Å². The molecule has 2 rings (SSSR count). The molecule has 0 aliphatic carbocycles. The average Bonchev–Trinajstić information content (AvgIpc) is 2.74. The van der Waals surface area contributed by atoms with Crippen molar-refractivity contribution in [2.75, 3.05) is 17.1 Å². The fraction of sp³-hybridized carbons (Fsp3) is 0.440. The minimum Gasteiger partial charge on any atom is -0.350 e. The molecule has 7 nitrogen and oxygen atoms in total. The number of carbonyl (C=O) groups is 2. The first-order chi connectivity index (χ1) is 16.5. The van der Waals surface area contributed by atoms with Gasteiger partial charge in [0, 0.05) is 12.1 Å². The van der Waals surface area contributed by atoms with E-state index in [4.69, 9.17) is 34.8 Å². The van der Waals surface area contributed by atoms with Gasteiger partial charge in [-0.3, -0.25) is 13.9 Å². The molecule has 36 heavy (non-hydrogen) atoms. The summed E-state index contributed by atoms with van der Waals surface area (Å²) in [6.45, 7) is 8.82. The topological polar surface area (TPSA) is 86.8 Å². The summed E-state index contributed by atoms with van der Waals surface area (Å²) in [5.41, 5.74) is 1.35. The van der Waals surface area contributed by atoms with Gasteiger partial charge in [-0.05, 0) is 51.8 Å². The molecule has 0 aliphatic rings. The van der Waals surface area contributed by atoms with Gasteiger partial charge in [-0.2, -0.15) is 0 Å². The number of hydrogen-bond donors (Lipinski definition) is 1. The van der Waals surface area contributed by atoms with Crippen molar-refractivity contribution in [3.05, 3.63) is 62.6 Å². The van der Waals surface area contributed by atoms with Crippen molar-refractivity contribution in [1.29, 1.82) is 0 Å². The Kier molecular flexibility index (Phi) is 10.1. The molecule has 2 aromatic carbocycles. The highest BCUT2D eigenvalue weighted by atomic mass is 35.5. The van der Waals surface area contributed by atoms with Gasteiger partial charge in [-0.1, -0.05) is 71.6 Å². The van der Waals surface area contributed by atoms with Crippen molar-refractivity contribution in [3.63, 3.8) is 0 Å². The molecule has 0 aromatic heterocycles. The lowest BCUT2D eigenvalue weighted by Gasteiger charge is -2.34. The quantitative estimate of drug-likeness (QED) is 0.403. The highest BCUT2D eigenvalue weighted by Crippen LogP contribution is 2.35. The summed E-state index contributed by atoms with van der Waals surface area (Å²) in [6.07, 6.45) is 1.29. The summed E-state index contributed by atoms with van der Waals surface area (Å²) in [5.74, 6) is -0.900. The predicted octanol–water partition coefficient (Wildman–Crippen LogP) is 5.44. The second-order valence-corrected chi connectivity index (χ2v) is 12.8. The molecule has 0 heterocycles. The first-order valence-electron chi connectivity index (χ1n) is 11.3. The third kappa shape index (κ3) is 8.26. The maximum absolute atomic E-state index is 13.7. The monoisotopic (exact) mass is 575 g/mol. The van der Waals surface area contributed by atoms with Crippen LogP contribution in [0.15, 0.2) is 36.4 Å². The van der Waals surface area contributed by atoms with Crippen molar-refractivity contribution in [1.82, 2.24) is 10.2 Å². The summed E-state index contributed by atoms with van der Waals surface area (Å²) >= 11 is 18.4. The van der Waals surface area contributed by atoms with Crippen LogP contribution in [0.25, 0.3) is 0 Å². The van der Waals surface area contributed by atoms with Crippen LogP contribution in [0.4, 0.5) is 5.69 Å². The van der Waals surface area contributed by atoms with Crippen molar-refractivity contribution in [2.45, 2.75) is 59.2 Å². The number of sulfonamides is 1. The number of nitrogens with zero attached hydrogens (tertiary/aromatic N) is 2. The van der Waals surface area contributed by atoms with Crippen LogP contribution in [0.1, 0.15) is 45.2 Å². The Hall–Kier alpha value is -2.00. The Labute approximate surface area is 228 Å². The molecule has 2 amide bonds. The zero-order valence-electron chi connectivity index (χ0n) is 21.2. The number of benzene rings is 2. The number of halogens is 3. The molecule has 0 unspecified atom stereocenters. The Bertz CT molecular complexity index is 1210. The third-order valence-corrected chi connectivity index (χ3v) is 7.45. The van der Waals surface area contributed by atoms with E-state index in [-0.39, 0.29) is 33.2 Å². The molecule has 0 aliphatic heterocycles. The number of carbonyl (C=O) groups excluding carboxylic acids is 2. The van der Waals surface area contributed by atoms with Crippen LogP contribution in [0, 0.1) is 6.92 Å². The zero-order chi connectivity index (χ0) is 27.4. The molecule has 1 N–H and O–H groups in total. The molecule has 1 atom stereocenters. The molecule has 0 fully saturated rings. The molecular weight excluding hydrogens is 545 g/mol. The third-order valence-electron chi connectivity index (χ3n) is 5.30. The van der Waals surface area contributed by atoms with E-state index in [9.17, 15) is 18.0 Å². The molecule has 11 heteroatoms. The first-order valence-corrected chi connectivity index (χ1v) is 14.3. The van der Waals surface area contributed by atoms with Gasteiger partial charge in [0.1, 0.15) is 12.6 Å². The van der Waals surface area contributed by atoms with Crippen molar-refractivity contribution < 1.29 is 18.0 Å². The summed E-state index contributed by atoms with van der Waals surface area (Å²) in [6, 6.07) is 9.35. The predicted molar refractivity (Wildman–Crippen MR) is 147 cm³/mol. The molecule has 2 aromatic rings. The summed E-state index contributed by atoms with van der Waals surface area (Å²) < 4.78 is 26.3. The maximum Gasteiger partial charge on any atom is 0.244 e. The van der Waals surface area contributed by atoms with Crippen LogP contribution in [-0.2, 0) is 26.2 Å². The Morgan fingerprint density at radius 2 is 1.56 bits per heavy atom. The molecule has 0 bridgehead atoms. The van der Waals surface area contributed by atoms with Crippen LogP contribution >= 0.6 is 34.8 Å². The Balaban J connectivity index is 2.52. The normalized spacial score (nSPS) is 12.7. The Morgan fingerprint density at radius 1 is 1.00 bits per heavy atom. The van der Waals surface area contributed by atoms with Crippen LogP contribution < -0.4 is 9.62 Å². The maximum atomic E-state index is 13.7. The largest absolute Gasteiger partial charge is 0.350 e. The number of anilines is 1. The summed E-state index contributed by atoms with van der Waals surface area (Å²) in [5, 5.41) is 3.18. The number of aryl methyl sites for hydroxylation is 1. The van der Waals surface area contributed by atoms with E-state index in [1.54, 1.807) is 6.92 Å². The van der Waals surface area contributed by atoms with E-state index < -0.39 is 34.1 Å². The van der Waals surface area contributed by atoms with Crippen molar-refractivity contribution in [3.8, 4) is 0 Å². The molecule has 0 saturated heterocycles. The second-order valence-electron chi connectivity index (χ2n) is 9.66. The Morgan fingerprint density at radius 3 is 2.06 bits per heavy atom. The van der Waals surface area contributed by atoms with Gasteiger partial charge in [0.15, 0.2) is 0 Å². The number of amides is 2. The summed E-state index contributed by atoms with van der Waals surface area (Å²) in [4.78, 5) is 28.3. The highest BCUT2D eigenvalue weighted by molar-refractivity contribution is 7.92. The van der Waals surface area contributed by atoms with Gasteiger partial charge >= 0.3 is 0 Å². The minimum atomic E-state index is -3.96. The van der Waals surface area contributed by atoms with Gasteiger partial charge in [0.05, 0.1) is 27.0 Å². The SMILES string of the molecule is CC[C@H](C(=O)NC(C)(C)C)N(Cc1ccc(C)cc1)C(=O)CN(c1cc(Cl)c(Cl)cc1Cl)S(C)(=O)=O. The van der Waals surface area contributed by atoms with E-state index in [1.165, 1.54) is 17.0 Å². The fourth-order valence-corrected chi connectivity index (χ4v) is 5.11. The zero-order valence-corrected chi connectivity index (χ0v) is 24.3. The smallest absolute Gasteiger partial charge is 0.244 e. The van der Waals surface area contributed by atoms with Crippen LogP contribution in [0.5, 0.6) is 0 Å². The molecule has 0 saturated carbocycles. The lowest BCUT2D eigenvalue weighted by atomic mass is 10.1. The first kappa shape index (κ1) is 30.2. The summed E-state index contributed by atoms with van der Waals surface area (Å²) in [7, 11) is -3.96. The average molecular weight is 577 g/mol. The number of rotatable bonds is 9. The van der Waals surface area contributed by atoms with E-state index in [0.717, 1.165) is 21.7 Å². The van der Waals surface area contributed by atoms with E-state index in [2.05, 4.69) is 5.32 Å². The lowest BCUT2D eigenvalue weighted by Crippen LogP contribution is -2.55. The second kappa shape index (κ2) is 12.0. The molecular formula is C25H32Cl3N3O4S. The van der Waals surface area contributed by atoms with Gasteiger partial charge < -0.3 is 10.2 Å². The van der Waals surface area contributed by atoms with Gasteiger partial charge in [-0.15, -0.1) is 0 Å². The van der Waals surface area contributed by atoms with Gasteiger partial charge in [0.2, 0.25) is 21.8 Å². The standard InChI is InChI=1S/C25H32Cl3N3O4S/c1-7-21(24(33)29-25(3,4)5)30(14-17-10-8-16(2)9-11-17)23(32)15-31(36(6,34)35)22-13-19(27)18(26)12-20(22)28/h8-13,21H,7,14-15H2,1-6H3,(H,29,33)/t21-/m1/s1. The van der Waals surface area contributed by atoms with Crippen LogP contribution in [0.3, 0.4) is 0 Å². The van der Waals surface area contributed by atoms with E-state index >= 15 is 0 Å². The van der Waals surface area contributed by atoms with Gasteiger partial charge in [0.25, 0.3) is 0 Å². The highest BCUT2D eigenvalue weighted by Gasteiger charge is 2.33. The fourth-order valence-electron chi connectivity index (χ4n) is 3.56. The van der Waals surface area contributed by atoms with Gasteiger partial charge in [-0.25, -0.2) is 8.42 Å². The van der Waals surface area contributed by atoms with Crippen molar-refractivity contribution >= 4 is 62.3 Å². The van der Waals surface area contributed by atoms with Crippen molar-refractivity contribution in [2.24, 2.45) is 0 Å². The molecule has 0 radical (unpaired) electrons. The lowest BCUT2D eigenvalue weighted by molar-refractivity contribution is -0.141. The van der Waals surface area contributed by atoms with Crippen LogP contribution in [0.2, 0.25) is 15.1 Å². The number of nitrogens with one attached hydrogen (secondary N) is 1. The van der Waals surface area contributed by atoms with Crippen LogP contribution in [-0.4, -0.2) is 49.5 Å². The van der Waals surface area contributed by atoms with E-state index in [0.29, 0.717) is 6.42 Å². The minimum absolute atomic E-state index is 0.0180. The molecule has 198 valence electrons.